The van der Waals surface area contributed by atoms with Gasteiger partial charge in [0.2, 0.25) is 17.7 Å². The highest BCUT2D eigenvalue weighted by Gasteiger charge is 2.26. The summed E-state index contributed by atoms with van der Waals surface area (Å²) in [6, 6.07) is 0.0247. The number of likely N-dealkylation sites (tertiary alicyclic amines) is 1. The summed E-state index contributed by atoms with van der Waals surface area (Å²) < 4.78 is 0. The molecule has 24 heavy (non-hydrogen) atoms. The molecule has 0 saturated carbocycles. The zero-order valence-electron chi connectivity index (χ0n) is 14.5. The molecule has 1 atom stereocenters. The zero-order valence-corrected chi connectivity index (χ0v) is 15.3. The first-order valence-electron chi connectivity index (χ1n) is 8.61. The predicted octanol–water partition coefficient (Wildman–Crippen LogP) is 0.561. The Kier molecular flexibility index (Phi) is 12.3. The van der Waals surface area contributed by atoms with Gasteiger partial charge in [0.15, 0.2) is 0 Å². The van der Waals surface area contributed by atoms with E-state index in [2.05, 4.69) is 10.6 Å². The van der Waals surface area contributed by atoms with Crippen LogP contribution in [0.15, 0.2) is 0 Å². The summed E-state index contributed by atoms with van der Waals surface area (Å²) in [5.41, 5.74) is 5.35. The molecule has 8 heteroatoms. The number of amides is 3. The maximum absolute atomic E-state index is 12.4. The Bertz CT molecular complexity index is 407. The Morgan fingerprint density at radius 2 is 1.79 bits per heavy atom. The molecular formula is C16H31ClN4O3. The number of nitrogens with zero attached hydrogens (tertiary/aromatic N) is 1. The van der Waals surface area contributed by atoms with Gasteiger partial charge in [0.1, 0.15) is 0 Å². The molecule has 4 N–H and O–H groups in total. The summed E-state index contributed by atoms with van der Waals surface area (Å²) in [4.78, 5) is 37.3. The number of piperidine rings is 1. The summed E-state index contributed by atoms with van der Waals surface area (Å²) >= 11 is 0. The Morgan fingerprint density at radius 1 is 1.08 bits per heavy atom. The molecule has 1 fully saturated rings. The van der Waals surface area contributed by atoms with Gasteiger partial charge in [0, 0.05) is 51.5 Å². The van der Waals surface area contributed by atoms with Crippen molar-refractivity contribution < 1.29 is 14.4 Å². The van der Waals surface area contributed by atoms with Crippen molar-refractivity contribution in [2.45, 2.75) is 57.9 Å². The zero-order chi connectivity index (χ0) is 17.1. The lowest BCUT2D eigenvalue weighted by Crippen LogP contribution is -2.49. The molecule has 0 spiro atoms. The highest BCUT2D eigenvalue weighted by molar-refractivity contribution is 5.85. The van der Waals surface area contributed by atoms with E-state index in [1.807, 2.05) is 11.8 Å². The van der Waals surface area contributed by atoms with Crippen LogP contribution in [0.25, 0.3) is 0 Å². The minimum Gasteiger partial charge on any atom is -0.356 e. The molecule has 0 aromatic heterocycles. The van der Waals surface area contributed by atoms with Crippen molar-refractivity contribution in [3.63, 3.8) is 0 Å². The van der Waals surface area contributed by atoms with Gasteiger partial charge in [0.05, 0.1) is 0 Å². The first-order valence-corrected chi connectivity index (χ1v) is 8.61. The van der Waals surface area contributed by atoms with E-state index in [0.717, 1.165) is 25.7 Å². The van der Waals surface area contributed by atoms with Gasteiger partial charge in [-0.2, -0.15) is 0 Å². The third kappa shape index (κ3) is 8.49. The maximum atomic E-state index is 12.4. The van der Waals surface area contributed by atoms with Crippen molar-refractivity contribution in [1.29, 1.82) is 0 Å². The quantitative estimate of drug-likeness (QED) is 0.557. The Labute approximate surface area is 150 Å². The number of nitrogens with one attached hydrogen (secondary N) is 2. The van der Waals surface area contributed by atoms with Crippen LogP contribution in [0.3, 0.4) is 0 Å². The lowest BCUT2D eigenvalue weighted by atomic mass is 10.0. The molecular weight excluding hydrogens is 332 g/mol. The SMILES string of the molecule is CCCNC(=O)CCC(=O)N1CCCCC1CNC(=O)CCN.Cl. The average molecular weight is 363 g/mol. The number of halogens is 1. The molecule has 3 amide bonds. The van der Waals surface area contributed by atoms with E-state index >= 15 is 0 Å². The molecule has 0 bridgehead atoms. The minimum atomic E-state index is -0.0792. The van der Waals surface area contributed by atoms with Gasteiger partial charge in [-0.05, 0) is 25.7 Å². The Hall–Kier alpha value is -1.34. The van der Waals surface area contributed by atoms with Crippen LogP contribution in [0.4, 0.5) is 0 Å². The van der Waals surface area contributed by atoms with Gasteiger partial charge >= 0.3 is 0 Å². The molecule has 1 unspecified atom stereocenters. The van der Waals surface area contributed by atoms with Gasteiger partial charge in [-0.1, -0.05) is 6.92 Å². The van der Waals surface area contributed by atoms with Gasteiger partial charge in [-0.3, -0.25) is 14.4 Å². The summed E-state index contributed by atoms with van der Waals surface area (Å²) in [5.74, 6) is -0.163. The standard InChI is InChI=1S/C16H30N4O3.ClH/c1-2-10-18-14(21)6-7-16(23)20-11-4-3-5-13(20)12-19-15(22)8-9-17;/h13H,2-12,17H2,1H3,(H,18,21)(H,19,22);1H. The molecule has 7 nitrogen and oxygen atoms in total. The van der Waals surface area contributed by atoms with Crippen LogP contribution in [-0.4, -0.2) is 54.8 Å². The van der Waals surface area contributed by atoms with Crippen molar-refractivity contribution in [2.75, 3.05) is 26.2 Å². The second kappa shape index (κ2) is 13.0. The van der Waals surface area contributed by atoms with Gasteiger partial charge < -0.3 is 21.3 Å². The number of hydrogen-bond acceptors (Lipinski definition) is 4. The van der Waals surface area contributed by atoms with Gasteiger partial charge in [-0.15, -0.1) is 12.4 Å². The smallest absolute Gasteiger partial charge is 0.223 e. The van der Waals surface area contributed by atoms with Crippen molar-refractivity contribution in [1.82, 2.24) is 15.5 Å². The number of nitrogens with two attached hydrogens (primary N) is 1. The Morgan fingerprint density at radius 3 is 2.46 bits per heavy atom. The van der Waals surface area contributed by atoms with Crippen molar-refractivity contribution in [3.8, 4) is 0 Å². The van der Waals surface area contributed by atoms with Crippen LogP contribution < -0.4 is 16.4 Å². The van der Waals surface area contributed by atoms with E-state index in [0.29, 0.717) is 32.6 Å². The van der Waals surface area contributed by atoms with Crippen LogP contribution in [0.1, 0.15) is 51.9 Å². The largest absolute Gasteiger partial charge is 0.356 e. The van der Waals surface area contributed by atoms with Crippen LogP contribution >= 0.6 is 12.4 Å². The third-order valence-electron chi connectivity index (χ3n) is 3.99. The molecule has 1 saturated heterocycles. The van der Waals surface area contributed by atoms with Crippen molar-refractivity contribution in [3.05, 3.63) is 0 Å². The van der Waals surface area contributed by atoms with E-state index in [4.69, 9.17) is 5.73 Å². The maximum Gasteiger partial charge on any atom is 0.223 e. The molecule has 0 aromatic rings. The molecule has 1 aliphatic rings. The molecule has 1 rings (SSSR count). The Balaban J connectivity index is 0.00000529. The monoisotopic (exact) mass is 362 g/mol. The van der Waals surface area contributed by atoms with E-state index in [9.17, 15) is 14.4 Å². The second-order valence-electron chi connectivity index (χ2n) is 5.93. The lowest BCUT2D eigenvalue weighted by molar-refractivity contribution is -0.137. The number of carbonyl (C=O) groups is 3. The summed E-state index contributed by atoms with van der Waals surface area (Å²) in [5, 5.41) is 5.62. The van der Waals surface area contributed by atoms with Gasteiger partial charge in [-0.25, -0.2) is 0 Å². The molecule has 1 aliphatic heterocycles. The first-order chi connectivity index (χ1) is 11.1. The minimum absolute atomic E-state index is 0. The topological polar surface area (TPSA) is 105 Å². The fourth-order valence-corrected chi connectivity index (χ4v) is 2.71. The third-order valence-corrected chi connectivity index (χ3v) is 3.99. The van der Waals surface area contributed by atoms with Crippen LogP contribution in [0.2, 0.25) is 0 Å². The highest BCUT2D eigenvalue weighted by atomic mass is 35.5. The van der Waals surface area contributed by atoms with Crippen molar-refractivity contribution in [2.24, 2.45) is 5.73 Å². The van der Waals surface area contributed by atoms with Crippen LogP contribution in [0, 0.1) is 0 Å². The lowest BCUT2D eigenvalue weighted by Gasteiger charge is -2.36. The summed E-state index contributed by atoms with van der Waals surface area (Å²) in [6.45, 7) is 4.13. The van der Waals surface area contributed by atoms with Crippen LogP contribution in [0.5, 0.6) is 0 Å². The number of rotatable bonds is 9. The highest BCUT2D eigenvalue weighted by Crippen LogP contribution is 2.18. The molecule has 0 aromatic carbocycles. The summed E-state index contributed by atoms with van der Waals surface area (Å²) in [6.07, 6.45) is 4.55. The second-order valence-corrected chi connectivity index (χ2v) is 5.93. The fourth-order valence-electron chi connectivity index (χ4n) is 2.71. The summed E-state index contributed by atoms with van der Waals surface area (Å²) in [7, 11) is 0. The molecule has 1 heterocycles. The van der Waals surface area contributed by atoms with Crippen molar-refractivity contribution >= 4 is 30.1 Å². The van der Waals surface area contributed by atoms with Gasteiger partial charge in [0.25, 0.3) is 0 Å². The van der Waals surface area contributed by atoms with E-state index in [-0.39, 0.29) is 49.0 Å². The molecule has 0 radical (unpaired) electrons. The molecule has 0 aliphatic carbocycles. The average Bonchev–Trinajstić information content (AvgIpc) is 2.56. The number of carbonyl (C=O) groups excluding carboxylic acids is 3. The fraction of sp³-hybridized carbons (Fsp3) is 0.812. The van der Waals surface area contributed by atoms with E-state index < -0.39 is 0 Å². The van der Waals surface area contributed by atoms with Crippen LogP contribution in [-0.2, 0) is 14.4 Å². The van der Waals surface area contributed by atoms with E-state index in [1.54, 1.807) is 0 Å². The normalized spacial score (nSPS) is 16.9. The first kappa shape index (κ1) is 22.7. The number of hydrogen-bond donors (Lipinski definition) is 3. The molecule has 140 valence electrons. The van der Waals surface area contributed by atoms with E-state index in [1.165, 1.54) is 0 Å². The predicted molar refractivity (Wildman–Crippen MR) is 95.8 cm³/mol.